The average molecular weight is 632 g/mol. The van der Waals surface area contributed by atoms with Gasteiger partial charge in [-0.15, -0.1) is 0 Å². The Labute approximate surface area is 263 Å². The Hall–Kier alpha value is -4.04. The highest BCUT2D eigenvalue weighted by molar-refractivity contribution is 5.94. The highest BCUT2D eigenvalue weighted by atomic mass is 16.7. The molecular formula is C32H45N3O10. The van der Waals surface area contributed by atoms with Gasteiger partial charge in [0.15, 0.2) is 0 Å². The maximum Gasteiger partial charge on any atom is 0.308 e. The summed E-state index contributed by atoms with van der Waals surface area (Å²) in [5, 5.41) is 45.2. The minimum absolute atomic E-state index is 0.0935. The molecule has 0 spiro atoms. The van der Waals surface area contributed by atoms with E-state index >= 15 is 0 Å². The maximum absolute atomic E-state index is 12.5. The van der Waals surface area contributed by atoms with Gasteiger partial charge in [0, 0.05) is 51.3 Å². The Bertz CT molecular complexity index is 1210. The number of ether oxygens (including phenoxy) is 2. The SMILES string of the molecule is COC(Oc1ccc(NC(=O)CCN(CCCCCCNC(=O)c2ccccc2)C(C)=O)cc1)C(O)C(O)C(O)C(C)C(=O)O. The molecule has 0 heterocycles. The molecule has 0 aliphatic rings. The number of rotatable bonds is 20. The molecule has 0 aliphatic heterocycles. The van der Waals surface area contributed by atoms with Crippen LogP contribution in [0.1, 0.15) is 56.3 Å². The van der Waals surface area contributed by atoms with Crippen molar-refractivity contribution in [2.45, 2.75) is 70.6 Å². The van der Waals surface area contributed by atoms with Crippen molar-refractivity contribution in [1.29, 1.82) is 0 Å². The molecular weight excluding hydrogens is 586 g/mol. The summed E-state index contributed by atoms with van der Waals surface area (Å²) in [4.78, 5) is 49.4. The Kier molecular flexibility index (Phi) is 16.0. The zero-order valence-electron chi connectivity index (χ0n) is 25.9. The van der Waals surface area contributed by atoms with Gasteiger partial charge in [-0.3, -0.25) is 19.2 Å². The van der Waals surface area contributed by atoms with E-state index in [0.29, 0.717) is 24.3 Å². The highest BCUT2D eigenvalue weighted by Crippen LogP contribution is 2.21. The summed E-state index contributed by atoms with van der Waals surface area (Å²) in [6.07, 6.45) is -3.32. The summed E-state index contributed by atoms with van der Waals surface area (Å²) in [5.41, 5.74) is 1.09. The number of amides is 3. The van der Waals surface area contributed by atoms with Crippen molar-refractivity contribution in [2.24, 2.45) is 5.92 Å². The molecule has 0 saturated heterocycles. The molecule has 45 heavy (non-hydrogen) atoms. The molecule has 6 N–H and O–H groups in total. The molecule has 5 atom stereocenters. The van der Waals surface area contributed by atoms with Crippen LogP contribution in [0.4, 0.5) is 5.69 Å². The Morgan fingerprint density at radius 3 is 2.09 bits per heavy atom. The highest BCUT2D eigenvalue weighted by Gasteiger charge is 2.37. The van der Waals surface area contributed by atoms with Gasteiger partial charge in [0.1, 0.15) is 18.0 Å². The number of carboxylic acid groups (broad SMARTS) is 1. The van der Waals surface area contributed by atoms with Gasteiger partial charge in [-0.1, -0.05) is 31.0 Å². The number of carbonyl (C=O) groups excluding carboxylic acids is 3. The van der Waals surface area contributed by atoms with Gasteiger partial charge in [-0.25, -0.2) is 0 Å². The summed E-state index contributed by atoms with van der Waals surface area (Å²) in [7, 11) is 1.21. The maximum atomic E-state index is 12.5. The van der Waals surface area contributed by atoms with Gasteiger partial charge in [0.2, 0.25) is 18.1 Å². The summed E-state index contributed by atoms with van der Waals surface area (Å²) in [6, 6.07) is 15.1. The van der Waals surface area contributed by atoms with Crippen LogP contribution in [0.3, 0.4) is 0 Å². The molecule has 0 radical (unpaired) electrons. The molecule has 0 fully saturated rings. The number of anilines is 1. The van der Waals surface area contributed by atoms with Gasteiger partial charge in [-0.2, -0.15) is 0 Å². The zero-order valence-corrected chi connectivity index (χ0v) is 25.9. The van der Waals surface area contributed by atoms with Crippen molar-refractivity contribution in [3.05, 3.63) is 60.2 Å². The number of methoxy groups -OCH3 is 1. The number of nitrogens with zero attached hydrogens (tertiary/aromatic N) is 1. The van der Waals surface area contributed by atoms with Crippen LogP contribution in [0.25, 0.3) is 0 Å². The first-order valence-electron chi connectivity index (χ1n) is 14.9. The van der Waals surface area contributed by atoms with E-state index in [9.17, 15) is 34.5 Å². The first kappa shape index (κ1) is 37.1. The fourth-order valence-corrected chi connectivity index (χ4v) is 4.37. The lowest BCUT2D eigenvalue weighted by molar-refractivity contribution is -0.187. The van der Waals surface area contributed by atoms with Gasteiger partial charge in [-0.05, 0) is 56.2 Å². The molecule has 2 rings (SSSR count). The Morgan fingerprint density at radius 1 is 0.844 bits per heavy atom. The molecule has 0 aliphatic carbocycles. The number of carboxylic acids is 1. The smallest absolute Gasteiger partial charge is 0.308 e. The van der Waals surface area contributed by atoms with E-state index in [2.05, 4.69) is 10.6 Å². The molecule has 0 bridgehead atoms. The van der Waals surface area contributed by atoms with Crippen LogP contribution >= 0.6 is 0 Å². The van der Waals surface area contributed by atoms with Crippen LogP contribution in [0, 0.1) is 5.92 Å². The van der Waals surface area contributed by atoms with Crippen molar-refractivity contribution in [2.75, 3.05) is 32.1 Å². The van der Waals surface area contributed by atoms with Crippen molar-refractivity contribution in [3.63, 3.8) is 0 Å². The number of aliphatic hydroxyl groups excluding tert-OH is 3. The number of benzene rings is 2. The largest absolute Gasteiger partial charge is 0.481 e. The molecule has 5 unspecified atom stereocenters. The molecule has 2 aromatic carbocycles. The number of unbranched alkanes of at least 4 members (excludes halogenated alkanes) is 3. The zero-order chi connectivity index (χ0) is 33.4. The predicted octanol–water partition coefficient (Wildman–Crippen LogP) is 2.01. The second-order valence-electron chi connectivity index (χ2n) is 10.7. The number of hydrogen-bond acceptors (Lipinski definition) is 9. The number of nitrogens with one attached hydrogen (secondary N) is 2. The fraction of sp³-hybridized carbons (Fsp3) is 0.500. The molecule has 3 amide bonds. The Morgan fingerprint density at radius 2 is 1.49 bits per heavy atom. The van der Waals surface area contributed by atoms with Crippen LogP contribution in [0.5, 0.6) is 5.75 Å². The van der Waals surface area contributed by atoms with Crippen molar-refractivity contribution >= 4 is 29.4 Å². The molecule has 13 nitrogen and oxygen atoms in total. The first-order chi connectivity index (χ1) is 21.4. The van der Waals surface area contributed by atoms with E-state index in [4.69, 9.17) is 14.6 Å². The average Bonchev–Trinajstić information content (AvgIpc) is 3.03. The van der Waals surface area contributed by atoms with Crippen molar-refractivity contribution in [3.8, 4) is 5.75 Å². The minimum atomic E-state index is -1.85. The normalized spacial score (nSPS) is 14.4. The van der Waals surface area contributed by atoms with Crippen molar-refractivity contribution in [1.82, 2.24) is 10.2 Å². The van der Waals surface area contributed by atoms with Gasteiger partial charge in [0.05, 0.1) is 12.0 Å². The van der Waals surface area contributed by atoms with E-state index in [0.717, 1.165) is 25.7 Å². The molecule has 2 aromatic rings. The van der Waals surface area contributed by atoms with E-state index < -0.39 is 36.5 Å². The van der Waals surface area contributed by atoms with Crippen LogP contribution in [0.2, 0.25) is 0 Å². The third kappa shape index (κ3) is 12.8. The molecule has 248 valence electrons. The summed E-state index contributed by atoms with van der Waals surface area (Å²) >= 11 is 0. The number of aliphatic hydroxyl groups is 3. The lowest BCUT2D eigenvalue weighted by Gasteiger charge is -2.30. The van der Waals surface area contributed by atoms with E-state index in [-0.39, 0.29) is 36.4 Å². The number of hydrogen-bond donors (Lipinski definition) is 6. The monoisotopic (exact) mass is 631 g/mol. The minimum Gasteiger partial charge on any atom is -0.481 e. The van der Waals surface area contributed by atoms with Crippen molar-refractivity contribution < 1.29 is 49.1 Å². The summed E-state index contributed by atoms with van der Waals surface area (Å²) in [6.45, 7) is 4.02. The number of aliphatic carboxylic acids is 1. The summed E-state index contributed by atoms with van der Waals surface area (Å²) in [5.74, 6) is -2.98. The summed E-state index contributed by atoms with van der Waals surface area (Å²) < 4.78 is 10.6. The molecule has 0 aromatic heterocycles. The van der Waals surface area contributed by atoms with Crippen LogP contribution in [-0.4, -0.2) is 100 Å². The third-order valence-electron chi connectivity index (χ3n) is 7.23. The Balaban J connectivity index is 1.72. The van der Waals surface area contributed by atoms with Crippen LogP contribution in [0.15, 0.2) is 54.6 Å². The lowest BCUT2D eigenvalue weighted by atomic mass is 9.96. The van der Waals surface area contributed by atoms with E-state index in [1.165, 1.54) is 33.1 Å². The predicted molar refractivity (Wildman–Crippen MR) is 165 cm³/mol. The lowest BCUT2D eigenvalue weighted by Crippen LogP contribution is -2.50. The standard InChI is InChI=1S/C32H45N3O10/c1-21(31(42)43)27(38)28(39)29(40)32(44-3)45-25-15-13-24(14-16-25)34-26(37)17-20-35(22(2)36)19-10-5-4-9-18-33-30(41)23-11-7-6-8-12-23/h6-8,11-16,21,27-29,32,38-40H,4-5,9-10,17-20H2,1-3H3,(H,33,41)(H,34,37)(H,42,43). The van der Waals surface area contributed by atoms with E-state index in [1.807, 2.05) is 18.2 Å². The topological polar surface area (TPSA) is 195 Å². The van der Waals surface area contributed by atoms with Crippen LogP contribution in [-0.2, 0) is 19.1 Å². The van der Waals surface area contributed by atoms with Gasteiger partial charge in [0.25, 0.3) is 5.91 Å². The number of carbonyl (C=O) groups is 4. The molecule has 0 saturated carbocycles. The van der Waals surface area contributed by atoms with Gasteiger partial charge >= 0.3 is 5.97 Å². The third-order valence-corrected chi connectivity index (χ3v) is 7.23. The van der Waals surface area contributed by atoms with Gasteiger partial charge < -0.3 is 45.4 Å². The molecule has 13 heteroatoms. The first-order valence-corrected chi connectivity index (χ1v) is 14.9. The second-order valence-corrected chi connectivity index (χ2v) is 10.7. The van der Waals surface area contributed by atoms with E-state index in [1.54, 1.807) is 29.2 Å². The second kappa shape index (κ2) is 19.4. The van der Waals surface area contributed by atoms with Crippen LogP contribution < -0.4 is 15.4 Å². The quantitative estimate of drug-likeness (QED) is 0.0930. The fourth-order valence-electron chi connectivity index (χ4n) is 4.37.